The first kappa shape index (κ1) is 51.5. The standard InChI is InChI=1S/C39H60N6O16/c1-5-21(4)31(37(58)42-25(18-22-9-7-6-8-10-22)36(57)44-39(15-16-39)32(53)38(59)60)43-34(55)24(17-20(2)3)41-33(54)23(11-12-27(46)47)40-35(56)26(19-29(50)51)45-61-30(52)14-13-28(48)49/h20-26,31,45H,5-19H2,1-4H3,(H,40,56)(H,41,54)(H,42,58)(H,43,55)(H,44,57)(H,46,47)(H,48,49)(H,50,51)(H,59,60)/t21?,23-,24+,25+,26+,31+/m1/s1. The molecule has 2 aliphatic carbocycles. The molecule has 0 heterocycles. The molecule has 5 amide bonds. The molecule has 2 fully saturated rings. The molecule has 2 rings (SSSR count). The number of carbonyl (C=O) groups is 11. The summed E-state index contributed by atoms with van der Waals surface area (Å²) in [6.45, 7) is 6.88. The van der Waals surface area contributed by atoms with Crippen LogP contribution in [0.25, 0.3) is 0 Å². The molecule has 22 nitrogen and oxygen atoms in total. The number of aliphatic carboxylic acids is 4. The Balaban J connectivity index is 2.33. The molecule has 342 valence electrons. The third kappa shape index (κ3) is 17.8. The number of carbonyl (C=O) groups excluding carboxylic acids is 7. The monoisotopic (exact) mass is 868 g/mol. The van der Waals surface area contributed by atoms with Gasteiger partial charge in [0.05, 0.1) is 19.3 Å². The van der Waals surface area contributed by atoms with Crippen LogP contribution < -0.4 is 32.1 Å². The molecule has 1 unspecified atom stereocenters. The van der Waals surface area contributed by atoms with Gasteiger partial charge < -0.3 is 51.8 Å². The lowest BCUT2D eigenvalue weighted by atomic mass is 9.84. The van der Waals surface area contributed by atoms with E-state index in [4.69, 9.17) is 5.11 Å². The lowest BCUT2D eigenvalue weighted by Gasteiger charge is -2.31. The van der Waals surface area contributed by atoms with Gasteiger partial charge in [0.2, 0.25) is 29.5 Å². The maximum atomic E-state index is 14.0. The second kappa shape index (κ2) is 24.6. The first-order chi connectivity index (χ1) is 28.6. The molecule has 2 aliphatic rings. The van der Waals surface area contributed by atoms with E-state index in [-0.39, 0.29) is 37.5 Å². The average molecular weight is 869 g/mol. The van der Waals surface area contributed by atoms with Crippen molar-refractivity contribution < 1.29 is 78.0 Å². The number of hydroxylamine groups is 1. The minimum Gasteiger partial charge on any atom is -0.481 e. The second-order valence-corrected chi connectivity index (χ2v) is 16.2. The first-order valence-electron chi connectivity index (χ1n) is 20.5. The van der Waals surface area contributed by atoms with Crippen LogP contribution in [0.15, 0.2) is 0 Å². The van der Waals surface area contributed by atoms with Crippen LogP contribution in [-0.2, 0) is 57.6 Å². The van der Waals surface area contributed by atoms with Crippen LogP contribution in [0.2, 0.25) is 0 Å². The number of hydrogen-bond donors (Lipinski definition) is 10. The minimum atomic E-state index is -1.83. The van der Waals surface area contributed by atoms with Crippen molar-refractivity contribution in [3.8, 4) is 0 Å². The van der Waals surface area contributed by atoms with Crippen LogP contribution in [0.3, 0.4) is 0 Å². The maximum absolute atomic E-state index is 14.0. The average Bonchev–Trinajstić information content (AvgIpc) is 3.97. The number of carboxylic acid groups (broad SMARTS) is 4. The van der Waals surface area contributed by atoms with E-state index in [1.807, 2.05) is 5.48 Å². The summed E-state index contributed by atoms with van der Waals surface area (Å²) < 4.78 is 0. The molecule has 22 heteroatoms. The summed E-state index contributed by atoms with van der Waals surface area (Å²) in [5.41, 5.74) is 0.362. The van der Waals surface area contributed by atoms with Gasteiger partial charge in [-0.1, -0.05) is 66.2 Å². The Morgan fingerprint density at radius 3 is 1.72 bits per heavy atom. The lowest BCUT2D eigenvalue weighted by molar-refractivity contribution is -0.159. The van der Waals surface area contributed by atoms with Gasteiger partial charge in [0.1, 0.15) is 35.7 Å². The van der Waals surface area contributed by atoms with E-state index in [1.54, 1.807) is 27.7 Å². The van der Waals surface area contributed by atoms with Crippen molar-refractivity contribution in [2.75, 3.05) is 0 Å². The van der Waals surface area contributed by atoms with E-state index in [9.17, 15) is 68.1 Å². The predicted octanol–water partition coefficient (Wildman–Crippen LogP) is -0.0886. The highest BCUT2D eigenvalue weighted by atomic mass is 16.7. The van der Waals surface area contributed by atoms with Gasteiger partial charge >= 0.3 is 29.8 Å². The third-order valence-electron chi connectivity index (χ3n) is 10.6. The normalized spacial score (nSPS) is 17.5. The van der Waals surface area contributed by atoms with Crippen molar-refractivity contribution in [3.63, 3.8) is 0 Å². The fourth-order valence-electron chi connectivity index (χ4n) is 6.81. The third-order valence-corrected chi connectivity index (χ3v) is 10.6. The lowest BCUT2D eigenvalue weighted by Crippen LogP contribution is -2.61. The molecule has 2 saturated carbocycles. The Morgan fingerprint density at radius 2 is 1.20 bits per heavy atom. The molecular formula is C39H60N6O16. The van der Waals surface area contributed by atoms with Gasteiger partial charge in [0.15, 0.2) is 0 Å². The molecule has 0 saturated heterocycles. The molecule has 0 spiro atoms. The van der Waals surface area contributed by atoms with Crippen LogP contribution in [0.4, 0.5) is 0 Å². The fraction of sp³-hybridized carbons (Fsp3) is 0.718. The van der Waals surface area contributed by atoms with E-state index in [0.717, 1.165) is 32.1 Å². The van der Waals surface area contributed by atoms with Crippen molar-refractivity contribution in [2.24, 2.45) is 17.8 Å². The Kier molecular flexibility index (Phi) is 20.7. The van der Waals surface area contributed by atoms with Crippen LogP contribution >= 0.6 is 0 Å². The summed E-state index contributed by atoms with van der Waals surface area (Å²) in [5.74, 6) is -13.6. The van der Waals surface area contributed by atoms with E-state index >= 15 is 0 Å². The number of ketones is 1. The minimum absolute atomic E-state index is 0.0199. The highest BCUT2D eigenvalue weighted by Gasteiger charge is 2.54. The number of nitrogens with one attached hydrogen (secondary N) is 6. The van der Waals surface area contributed by atoms with Gasteiger partial charge in [-0.15, -0.1) is 5.48 Å². The molecule has 6 atom stereocenters. The fourth-order valence-corrected chi connectivity index (χ4v) is 6.81. The van der Waals surface area contributed by atoms with Gasteiger partial charge in [0.25, 0.3) is 5.78 Å². The highest BCUT2D eigenvalue weighted by molar-refractivity contribution is 6.37. The number of hydrogen-bond acceptors (Lipinski definition) is 13. The van der Waals surface area contributed by atoms with E-state index in [0.29, 0.717) is 6.42 Å². The Hall–Kier alpha value is -5.67. The molecule has 0 bridgehead atoms. The Morgan fingerprint density at radius 1 is 0.639 bits per heavy atom. The SMILES string of the molecule is CCC(C)[C@H](NC(=O)[C@H](CC(C)C)NC(=O)[C@@H](CCC(=O)O)NC(=O)[C@H](CC(=O)O)NOC(=O)CCC(=O)O)C(=O)N[C@@H](CC1CCCCC1)C(=O)NC1(C(=O)C(=O)O)CC1. The van der Waals surface area contributed by atoms with Gasteiger partial charge in [0, 0.05) is 6.42 Å². The summed E-state index contributed by atoms with van der Waals surface area (Å²) in [7, 11) is 0. The quantitative estimate of drug-likeness (QED) is 0.0363. The van der Waals surface area contributed by atoms with Crippen molar-refractivity contribution in [1.29, 1.82) is 0 Å². The van der Waals surface area contributed by atoms with Crippen molar-refractivity contribution in [2.45, 2.75) is 160 Å². The van der Waals surface area contributed by atoms with Crippen molar-refractivity contribution >= 4 is 65.2 Å². The summed E-state index contributed by atoms with van der Waals surface area (Å²) in [5, 5.41) is 49.4. The van der Waals surface area contributed by atoms with Gasteiger partial charge in [-0.2, -0.15) is 0 Å². The van der Waals surface area contributed by atoms with E-state index < -0.39 is 139 Å². The summed E-state index contributed by atoms with van der Waals surface area (Å²) in [6, 6.07) is -7.34. The first-order valence-corrected chi connectivity index (χ1v) is 20.5. The Bertz CT molecular complexity index is 1640. The topological polar surface area (TPSA) is 350 Å². The molecule has 0 radical (unpaired) electrons. The number of amides is 5. The van der Waals surface area contributed by atoms with Gasteiger partial charge in [-0.05, 0) is 49.9 Å². The summed E-state index contributed by atoms with van der Waals surface area (Å²) in [4.78, 5) is 143. The van der Waals surface area contributed by atoms with Crippen LogP contribution in [0.1, 0.15) is 124 Å². The van der Waals surface area contributed by atoms with Crippen LogP contribution in [0.5, 0.6) is 0 Å². The highest BCUT2D eigenvalue weighted by Crippen LogP contribution is 2.37. The van der Waals surface area contributed by atoms with Crippen molar-refractivity contribution in [1.82, 2.24) is 32.1 Å². The zero-order chi connectivity index (χ0) is 46.0. The Labute approximate surface area is 352 Å². The summed E-state index contributed by atoms with van der Waals surface area (Å²) in [6.07, 6.45) is 1.73. The van der Waals surface area contributed by atoms with Gasteiger partial charge in [-0.3, -0.25) is 47.9 Å². The predicted molar refractivity (Wildman–Crippen MR) is 210 cm³/mol. The molecule has 0 aliphatic heterocycles. The van der Waals surface area contributed by atoms with Crippen LogP contribution in [0, 0.1) is 17.8 Å². The van der Waals surface area contributed by atoms with E-state index in [1.165, 1.54) is 0 Å². The molecule has 61 heavy (non-hydrogen) atoms. The maximum Gasteiger partial charge on any atom is 0.374 e. The number of rotatable bonds is 28. The number of carboxylic acids is 4. The largest absolute Gasteiger partial charge is 0.481 e. The van der Waals surface area contributed by atoms with Crippen LogP contribution in [-0.4, -0.2) is 121 Å². The molecule has 10 N–H and O–H groups in total. The van der Waals surface area contributed by atoms with E-state index in [2.05, 4.69) is 31.4 Å². The smallest absolute Gasteiger partial charge is 0.374 e. The molecular weight excluding hydrogens is 808 g/mol. The summed E-state index contributed by atoms with van der Waals surface area (Å²) >= 11 is 0. The number of Topliss-reactive ketones (excluding diaryl/α,β-unsaturated/α-hetero) is 1. The molecule has 0 aromatic heterocycles. The van der Waals surface area contributed by atoms with Crippen molar-refractivity contribution in [3.05, 3.63) is 0 Å². The second-order valence-electron chi connectivity index (χ2n) is 16.2. The molecule has 0 aromatic rings. The van der Waals surface area contributed by atoms with Gasteiger partial charge in [-0.25, -0.2) is 4.79 Å². The zero-order valence-electron chi connectivity index (χ0n) is 34.9. The zero-order valence-corrected chi connectivity index (χ0v) is 34.9. The molecule has 0 aromatic carbocycles.